The Morgan fingerprint density at radius 3 is 2.77 bits per heavy atom. The number of rotatable bonds is 4. The summed E-state index contributed by atoms with van der Waals surface area (Å²) in [4.78, 5) is 9.05. The fourth-order valence-corrected chi connectivity index (χ4v) is 3.51. The van der Waals surface area contributed by atoms with Crippen LogP contribution in [0, 0.1) is 0 Å². The lowest BCUT2D eigenvalue weighted by molar-refractivity contribution is 0.412. The molecule has 2 aromatic rings. The van der Waals surface area contributed by atoms with Gasteiger partial charge in [0.05, 0.1) is 12.2 Å². The minimum Gasteiger partial charge on any atom is -0.370 e. The summed E-state index contributed by atoms with van der Waals surface area (Å²) in [7, 11) is 0. The van der Waals surface area contributed by atoms with Crippen LogP contribution in [0.15, 0.2) is 40.7 Å². The smallest absolute Gasteiger partial charge is 0.189 e. The maximum Gasteiger partial charge on any atom is 0.189 e. The van der Waals surface area contributed by atoms with Crippen LogP contribution in [0.3, 0.4) is 0 Å². The lowest BCUT2D eigenvalue weighted by Crippen LogP contribution is -2.41. The van der Waals surface area contributed by atoms with E-state index >= 15 is 0 Å². The topological polar surface area (TPSA) is 63.3 Å². The van der Waals surface area contributed by atoms with Gasteiger partial charge in [-0.2, -0.15) is 0 Å². The number of benzene rings is 1. The molecule has 0 atom stereocenters. The number of aromatic nitrogens is 1. The Bertz CT molecular complexity index is 615. The molecule has 3 rings (SSSR count). The van der Waals surface area contributed by atoms with Crippen LogP contribution in [0.25, 0.3) is 11.3 Å². The van der Waals surface area contributed by atoms with Crippen LogP contribution < -0.4 is 11.1 Å². The number of hydrogen-bond acceptors (Lipinski definition) is 3. The molecule has 1 aromatic carbocycles. The fraction of sp³-hybridized carbons (Fsp3) is 0.412. The monoisotopic (exact) mass is 314 g/mol. The van der Waals surface area contributed by atoms with Gasteiger partial charge in [0, 0.05) is 17.0 Å². The minimum absolute atomic E-state index is 0.494. The largest absolute Gasteiger partial charge is 0.370 e. The molecule has 4 nitrogen and oxygen atoms in total. The Kier molecular flexibility index (Phi) is 5.06. The summed E-state index contributed by atoms with van der Waals surface area (Å²) in [6.07, 6.45) is 6.32. The second kappa shape index (κ2) is 7.40. The van der Waals surface area contributed by atoms with Gasteiger partial charge in [0.25, 0.3) is 0 Å². The van der Waals surface area contributed by atoms with Gasteiger partial charge in [-0.1, -0.05) is 49.6 Å². The summed E-state index contributed by atoms with van der Waals surface area (Å²) in [5, 5.41) is 6.40. The van der Waals surface area contributed by atoms with Crippen molar-refractivity contribution >= 4 is 17.3 Å². The van der Waals surface area contributed by atoms with E-state index in [0.29, 0.717) is 18.5 Å². The van der Waals surface area contributed by atoms with Crippen molar-refractivity contribution in [3.05, 3.63) is 40.7 Å². The van der Waals surface area contributed by atoms with E-state index in [2.05, 4.69) is 32.8 Å². The van der Waals surface area contributed by atoms with E-state index < -0.39 is 0 Å². The second-order valence-corrected chi connectivity index (χ2v) is 6.62. The zero-order valence-corrected chi connectivity index (χ0v) is 13.5. The maximum atomic E-state index is 5.99. The van der Waals surface area contributed by atoms with Crippen LogP contribution in [0.1, 0.15) is 37.1 Å². The number of hydrogen-bond donors (Lipinski definition) is 2. The lowest BCUT2D eigenvalue weighted by atomic mass is 9.96. The van der Waals surface area contributed by atoms with Gasteiger partial charge in [-0.25, -0.2) is 9.98 Å². The first-order valence-electron chi connectivity index (χ1n) is 7.87. The second-order valence-electron chi connectivity index (χ2n) is 5.67. The van der Waals surface area contributed by atoms with Gasteiger partial charge < -0.3 is 11.1 Å². The number of nitrogens with zero attached hydrogens (tertiary/aromatic N) is 2. The standard InChI is InChI=1S/C17H22N4S/c18-17(20-14-9-5-2-6-10-14)19-11-16-21-15(12-22-16)13-7-3-1-4-8-13/h1,3-4,7-8,12,14H,2,5-6,9-11H2,(H3,18,19,20). The number of nitrogens with two attached hydrogens (primary N) is 1. The van der Waals surface area contributed by atoms with Gasteiger partial charge in [-0.3, -0.25) is 0 Å². The summed E-state index contributed by atoms with van der Waals surface area (Å²) < 4.78 is 0. The van der Waals surface area contributed by atoms with Crippen LogP contribution in [-0.4, -0.2) is 17.0 Å². The Morgan fingerprint density at radius 2 is 2.00 bits per heavy atom. The highest BCUT2D eigenvalue weighted by molar-refractivity contribution is 7.09. The maximum absolute atomic E-state index is 5.99. The van der Waals surface area contributed by atoms with Gasteiger partial charge in [-0.15, -0.1) is 11.3 Å². The van der Waals surface area contributed by atoms with Gasteiger partial charge >= 0.3 is 0 Å². The molecule has 1 aliphatic rings. The van der Waals surface area contributed by atoms with E-state index in [1.54, 1.807) is 11.3 Å². The molecule has 5 heteroatoms. The predicted octanol–water partition coefficient (Wildman–Crippen LogP) is 3.55. The normalized spacial score (nSPS) is 16.6. The summed E-state index contributed by atoms with van der Waals surface area (Å²) in [5.41, 5.74) is 8.14. The molecular weight excluding hydrogens is 292 g/mol. The summed E-state index contributed by atoms with van der Waals surface area (Å²) in [6.45, 7) is 0.545. The van der Waals surface area contributed by atoms with Crippen LogP contribution in [0.5, 0.6) is 0 Å². The molecule has 116 valence electrons. The van der Waals surface area contributed by atoms with Crippen molar-refractivity contribution in [1.29, 1.82) is 0 Å². The van der Waals surface area contributed by atoms with Crippen molar-refractivity contribution in [3.8, 4) is 11.3 Å². The zero-order valence-electron chi connectivity index (χ0n) is 12.7. The predicted molar refractivity (Wildman–Crippen MR) is 92.9 cm³/mol. The third kappa shape index (κ3) is 4.07. The average molecular weight is 314 g/mol. The molecule has 0 saturated heterocycles. The van der Waals surface area contributed by atoms with Crippen molar-refractivity contribution in [2.45, 2.75) is 44.7 Å². The molecule has 0 spiro atoms. The minimum atomic E-state index is 0.494. The average Bonchev–Trinajstić information content (AvgIpc) is 3.04. The zero-order chi connectivity index (χ0) is 15.2. The molecule has 1 fully saturated rings. The molecule has 22 heavy (non-hydrogen) atoms. The third-order valence-electron chi connectivity index (χ3n) is 3.96. The van der Waals surface area contributed by atoms with E-state index in [9.17, 15) is 0 Å². The first-order chi connectivity index (χ1) is 10.8. The summed E-state index contributed by atoms with van der Waals surface area (Å²) in [6, 6.07) is 10.7. The van der Waals surface area contributed by atoms with E-state index in [0.717, 1.165) is 16.3 Å². The fourth-order valence-electron chi connectivity index (χ4n) is 2.78. The molecule has 0 amide bonds. The molecule has 0 radical (unpaired) electrons. The number of thiazole rings is 1. The Hall–Kier alpha value is -1.88. The molecule has 1 aromatic heterocycles. The highest BCUT2D eigenvalue weighted by atomic mass is 32.1. The van der Waals surface area contributed by atoms with Crippen LogP contribution >= 0.6 is 11.3 Å². The quantitative estimate of drug-likeness (QED) is 0.670. The molecule has 0 unspecified atom stereocenters. The van der Waals surface area contributed by atoms with Crippen molar-refractivity contribution in [2.24, 2.45) is 10.7 Å². The number of guanidine groups is 1. The lowest BCUT2D eigenvalue weighted by Gasteiger charge is -2.23. The van der Waals surface area contributed by atoms with E-state index in [1.165, 1.54) is 32.1 Å². The molecule has 3 N–H and O–H groups in total. The van der Waals surface area contributed by atoms with Crippen molar-refractivity contribution in [1.82, 2.24) is 10.3 Å². The molecular formula is C17H22N4S. The van der Waals surface area contributed by atoms with Crippen LogP contribution in [0.2, 0.25) is 0 Å². The van der Waals surface area contributed by atoms with Crippen molar-refractivity contribution < 1.29 is 0 Å². The highest BCUT2D eigenvalue weighted by Gasteiger charge is 2.13. The summed E-state index contributed by atoms with van der Waals surface area (Å²) in [5.74, 6) is 0.545. The third-order valence-corrected chi connectivity index (χ3v) is 4.80. The van der Waals surface area contributed by atoms with Crippen LogP contribution in [-0.2, 0) is 6.54 Å². The molecule has 1 saturated carbocycles. The van der Waals surface area contributed by atoms with Gasteiger partial charge in [0.1, 0.15) is 5.01 Å². The van der Waals surface area contributed by atoms with Gasteiger partial charge in [0.15, 0.2) is 5.96 Å². The molecule has 0 aliphatic heterocycles. The first-order valence-corrected chi connectivity index (χ1v) is 8.75. The van der Waals surface area contributed by atoms with E-state index in [-0.39, 0.29) is 0 Å². The van der Waals surface area contributed by atoms with Gasteiger partial charge in [0.2, 0.25) is 0 Å². The molecule has 1 heterocycles. The Balaban J connectivity index is 1.57. The van der Waals surface area contributed by atoms with Crippen molar-refractivity contribution in [2.75, 3.05) is 0 Å². The SMILES string of the molecule is NC(=NCc1nc(-c2ccccc2)cs1)NC1CCCCC1. The molecule has 0 bridgehead atoms. The van der Waals surface area contributed by atoms with Crippen LogP contribution in [0.4, 0.5) is 0 Å². The summed E-state index contributed by atoms with van der Waals surface area (Å²) >= 11 is 1.63. The van der Waals surface area contributed by atoms with Crippen molar-refractivity contribution in [3.63, 3.8) is 0 Å². The van der Waals surface area contributed by atoms with E-state index in [4.69, 9.17) is 5.73 Å². The molecule has 1 aliphatic carbocycles. The Morgan fingerprint density at radius 1 is 1.23 bits per heavy atom. The number of aliphatic imine (C=N–C) groups is 1. The van der Waals surface area contributed by atoms with Gasteiger partial charge in [-0.05, 0) is 12.8 Å². The number of nitrogens with one attached hydrogen (secondary N) is 1. The highest BCUT2D eigenvalue weighted by Crippen LogP contribution is 2.22. The Labute approximate surface area is 135 Å². The first kappa shape index (κ1) is 15.0. The van der Waals surface area contributed by atoms with E-state index in [1.807, 2.05) is 18.2 Å².